The van der Waals surface area contributed by atoms with Crippen molar-refractivity contribution in [1.29, 1.82) is 0 Å². The average molecular weight is 279 g/mol. The summed E-state index contributed by atoms with van der Waals surface area (Å²) in [5, 5.41) is 3.10. The predicted octanol–water partition coefficient (Wildman–Crippen LogP) is 1.59. The van der Waals surface area contributed by atoms with Crippen LogP contribution in [-0.4, -0.2) is 35.3 Å². The Labute approximate surface area is 115 Å². The lowest BCUT2D eigenvalue weighted by molar-refractivity contribution is -0.00536. The van der Waals surface area contributed by atoms with Gasteiger partial charge in [-0.15, -0.1) is 11.3 Å². The first-order valence-corrected chi connectivity index (χ1v) is 7.17. The second-order valence-corrected chi connectivity index (χ2v) is 5.71. The summed E-state index contributed by atoms with van der Waals surface area (Å²) in [5.41, 5.74) is 2.54. The predicted molar refractivity (Wildman–Crippen MR) is 77.4 cm³/mol. The summed E-state index contributed by atoms with van der Waals surface area (Å²) >= 11 is 1.59. The third-order valence-corrected chi connectivity index (χ3v) is 3.96. The molecule has 2 atom stereocenters. The zero-order valence-corrected chi connectivity index (χ0v) is 11.8. The highest BCUT2D eigenvalue weighted by Crippen LogP contribution is 2.30. The van der Waals surface area contributed by atoms with Gasteiger partial charge in [-0.1, -0.05) is 0 Å². The van der Waals surface area contributed by atoms with Crippen LogP contribution in [0.25, 0.3) is 10.2 Å². The number of ether oxygens (including phenoxy) is 1. The molecular formula is C12H17N5OS. The minimum atomic E-state index is 0.196. The number of hydrazine groups is 1. The molecule has 7 heteroatoms. The average Bonchev–Trinajstić information content (AvgIpc) is 2.84. The van der Waals surface area contributed by atoms with E-state index in [1.165, 1.54) is 0 Å². The summed E-state index contributed by atoms with van der Waals surface area (Å²) in [6.07, 6.45) is 0.392. The third kappa shape index (κ3) is 2.36. The Morgan fingerprint density at radius 1 is 1.37 bits per heavy atom. The molecule has 19 heavy (non-hydrogen) atoms. The van der Waals surface area contributed by atoms with E-state index in [1.54, 1.807) is 11.3 Å². The van der Waals surface area contributed by atoms with Crippen LogP contribution >= 0.6 is 11.3 Å². The monoisotopic (exact) mass is 279 g/mol. The van der Waals surface area contributed by atoms with Gasteiger partial charge in [-0.3, -0.25) is 5.43 Å². The van der Waals surface area contributed by atoms with Crippen LogP contribution in [0.3, 0.4) is 0 Å². The van der Waals surface area contributed by atoms with Gasteiger partial charge in [0.05, 0.1) is 17.6 Å². The minimum absolute atomic E-state index is 0.196. The molecule has 0 spiro atoms. The number of aromatic nitrogens is 2. The van der Waals surface area contributed by atoms with Gasteiger partial charge in [0.2, 0.25) is 5.95 Å². The molecule has 0 saturated carbocycles. The molecule has 102 valence electrons. The van der Waals surface area contributed by atoms with Crippen molar-refractivity contribution in [2.45, 2.75) is 26.1 Å². The summed E-state index contributed by atoms with van der Waals surface area (Å²) < 4.78 is 5.77. The summed E-state index contributed by atoms with van der Waals surface area (Å²) in [7, 11) is 0. The fourth-order valence-electron chi connectivity index (χ4n) is 2.50. The number of hydrogen-bond acceptors (Lipinski definition) is 7. The highest BCUT2D eigenvalue weighted by molar-refractivity contribution is 7.16. The Morgan fingerprint density at radius 2 is 2.11 bits per heavy atom. The standard InChI is InChI=1S/C12H17N5OS/c1-7-5-17(6-8(2)18-7)10-9-3-4-19-11(9)15-12(14-10)16-13/h3-4,7-8H,5-6,13H2,1-2H3,(H,14,15,16)/t7-,8+. The molecule has 3 N–H and O–H groups in total. The Morgan fingerprint density at radius 3 is 2.79 bits per heavy atom. The van der Waals surface area contributed by atoms with E-state index >= 15 is 0 Å². The first-order chi connectivity index (χ1) is 9.17. The molecule has 0 amide bonds. The molecule has 0 bridgehead atoms. The number of morpholine rings is 1. The Kier molecular flexibility index (Phi) is 3.26. The Bertz CT molecular complexity index is 577. The van der Waals surface area contributed by atoms with Crippen LogP contribution in [-0.2, 0) is 4.74 Å². The van der Waals surface area contributed by atoms with Crippen molar-refractivity contribution >= 4 is 33.3 Å². The maximum absolute atomic E-state index is 5.77. The quantitative estimate of drug-likeness (QED) is 0.642. The lowest BCUT2D eigenvalue weighted by Gasteiger charge is -2.36. The van der Waals surface area contributed by atoms with Gasteiger partial charge in [-0.25, -0.2) is 10.8 Å². The van der Waals surface area contributed by atoms with Crippen molar-refractivity contribution < 1.29 is 4.74 Å². The van der Waals surface area contributed by atoms with E-state index in [1.807, 2.05) is 5.38 Å². The molecular weight excluding hydrogens is 262 g/mol. The summed E-state index contributed by atoms with van der Waals surface area (Å²) in [5.74, 6) is 6.84. The molecule has 1 fully saturated rings. The molecule has 0 aliphatic carbocycles. The van der Waals surface area contributed by atoms with Crippen molar-refractivity contribution in [1.82, 2.24) is 9.97 Å². The molecule has 1 aliphatic rings. The van der Waals surface area contributed by atoms with E-state index in [2.05, 4.69) is 40.2 Å². The zero-order valence-electron chi connectivity index (χ0n) is 11.0. The third-order valence-electron chi connectivity index (χ3n) is 3.15. The second kappa shape index (κ2) is 4.92. The number of nitrogens with two attached hydrogens (primary N) is 1. The van der Waals surface area contributed by atoms with Gasteiger partial charge in [-0.05, 0) is 25.3 Å². The van der Waals surface area contributed by atoms with Crippen molar-refractivity contribution in [3.05, 3.63) is 11.4 Å². The first kappa shape index (κ1) is 12.6. The molecule has 3 heterocycles. The molecule has 6 nitrogen and oxygen atoms in total. The van der Waals surface area contributed by atoms with Gasteiger partial charge in [0.15, 0.2) is 0 Å². The van der Waals surface area contributed by atoms with E-state index in [0.29, 0.717) is 5.95 Å². The number of hydrogen-bond donors (Lipinski definition) is 2. The number of fused-ring (bicyclic) bond motifs is 1. The van der Waals surface area contributed by atoms with E-state index < -0.39 is 0 Å². The lowest BCUT2D eigenvalue weighted by Crippen LogP contribution is -2.46. The van der Waals surface area contributed by atoms with Gasteiger partial charge in [0.25, 0.3) is 0 Å². The number of nitrogen functional groups attached to an aromatic ring is 1. The largest absolute Gasteiger partial charge is 0.372 e. The van der Waals surface area contributed by atoms with Crippen molar-refractivity contribution in [3.63, 3.8) is 0 Å². The van der Waals surface area contributed by atoms with E-state index in [0.717, 1.165) is 29.1 Å². The van der Waals surface area contributed by atoms with E-state index in [9.17, 15) is 0 Å². The number of thiophene rings is 1. The molecule has 2 aromatic heterocycles. The number of nitrogens with one attached hydrogen (secondary N) is 1. The van der Waals surface area contributed by atoms with Gasteiger partial charge in [0.1, 0.15) is 10.6 Å². The highest BCUT2D eigenvalue weighted by Gasteiger charge is 2.25. The van der Waals surface area contributed by atoms with Crippen LogP contribution < -0.4 is 16.2 Å². The van der Waals surface area contributed by atoms with Crippen molar-refractivity contribution in [3.8, 4) is 0 Å². The van der Waals surface area contributed by atoms with Crippen molar-refractivity contribution in [2.24, 2.45) is 5.84 Å². The zero-order chi connectivity index (χ0) is 13.4. The topological polar surface area (TPSA) is 76.3 Å². The van der Waals surface area contributed by atoms with Gasteiger partial charge < -0.3 is 9.64 Å². The number of anilines is 2. The first-order valence-electron chi connectivity index (χ1n) is 6.29. The lowest BCUT2D eigenvalue weighted by atomic mass is 10.2. The second-order valence-electron chi connectivity index (χ2n) is 4.82. The molecule has 3 rings (SSSR count). The maximum Gasteiger partial charge on any atom is 0.240 e. The molecule has 0 unspecified atom stereocenters. The van der Waals surface area contributed by atoms with Gasteiger partial charge >= 0.3 is 0 Å². The van der Waals surface area contributed by atoms with Crippen LogP contribution in [0.2, 0.25) is 0 Å². The van der Waals surface area contributed by atoms with E-state index in [-0.39, 0.29) is 12.2 Å². The summed E-state index contributed by atoms with van der Waals surface area (Å²) in [4.78, 5) is 12.1. The normalized spacial score (nSPS) is 23.8. The fourth-order valence-corrected chi connectivity index (χ4v) is 3.25. The molecule has 0 radical (unpaired) electrons. The van der Waals surface area contributed by atoms with Crippen molar-refractivity contribution in [2.75, 3.05) is 23.4 Å². The molecule has 0 aromatic carbocycles. The molecule has 2 aromatic rings. The van der Waals surface area contributed by atoms with Crippen LogP contribution in [0.4, 0.5) is 11.8 Å². The Balaban J connectivity index is 2.05. The SMILES string of the molecule is C[C@@H]1CN(c2nc(NN)nc3sccc23)C[C@H](C)O1. The van der Waals surface area contributed by atoms with Crippen LogP contribution in [0.5, 0.6) is 0 Å². The smallest absolute Gasteiger partial charge is 0.240 e. The Hall–Kier alpha value is -1.44. The number of rotatable bonds is 2. The number of nitrogens with zero attached hydrogens (tertiary/aromatic N) is 3. The molecule has 1 saturated heterocycles. The summed E-state index contributed by atoms with van der Waals surface area (Å²) in [6, 6.07) is 2.06. The molecule has 1 aliphatic heterocycles. The van der Waals surface area contributed by atoms with Crippen LogP contribution in [0.15, 0.2) is 11.4 Å². The van der Waals surface area contributed by atoms with Crippen LogP contribution in [0, 0.1) is 0 Å². The minimum Gasteiger partial charge on any atom is -0.372 e. The summed E-state index contributed by atoms with van der Waals surface area (Å²) in [6.45, 7) is 5.82. The fraction of sp³-hybridized carbons (Fsp3) is 0.500. The van der Waals surface area contributed by atoms with E-state index in [4.69, 9.17) is 10.6 Å². The van der Waals surface area contributed by atoms with Gasteiger partial charge in [0, 0.05) is 13.1 Å². The highest BCUT2D eigenvalue weighted by atomic mass is 32.1. The van der Waals surface area contributed by atoms with Crippen LogP contribution in [0.1, 0.15) is 13.8 Å². The van der Waals surface area contributed by atoms with Gasteiger partial charge in [-0.2, -0.15) is 4.98 Å². The maximum atomic E-state index is 5.77.